The zero-order valence-corrected chi connectivity index (χ0v) is 7.95. The smallest absolute Gasteiger partial charge is 0.269 e. The second-order valence-corrected chi connectivity index (χ2v) is 3.84. The normalized spacial score (nSPS) is 30.9. The van der Waals surface area contributed by atoms with E-state index in [-0.39, 0.29) is 0 Å². The van der Waals surface area contributed by atoms with Crippen molar-refractivity contribution in [1.82, 2.24) is 10.2 Å². The molecule has 2 fully saturated rings. The second-order valence-electron chi connectivity index (χ2n) is 3.84. The lowest BCUT2D eigenvalue weighted by molar-refractivity contribution is -0.140. The number of rotatable bonds is 3. The maximum absolute atomic E-state index is 11.2. The number of carbonyl (C=O) groups is 3. The van der Waals surface area contributed by atoms with Gasteiger partial charge in [-0.1, -0.05) is 13.3 Å². The van der Waals surface area contributed by atoms with Crippen LogP contribution in [-0.4, -0.2) is 29.3 Å². The molecule has 1 saturated heterocycles. The Labute approximate surface area is 81.4 Å². The van der Waals surface area contributed by atoms with Crippen molar-refractivity contribution < 1.29 is 14.4 Å². The molecule has 5 nitrogen and oxygen atoms in total. The highest BCUT2D eigenvalue weighted by Gasteiger charge is 2.43. The SMILES string of the molecule is CCC1CC1CN1C(=O)NC(=O)C1=O. The first-order valence-electron chi connectivity index (χ1n) is 4.80. The average Bonchev–Trinajstić information content (AvgIpc) is 2.86. The molecule has 0 aromatic heterocycles. The largest absolute Gasteiger partial charge is 0.331 e. The summed E-state index contributed by atoms with van der Waals surface area (Å²) < 4.78 is 0. The van der Waals surface area contributed by atoms with Gasteiger partial charge in [-0.15, -0.1) is 0 Å². The van der Waals surface area contributed by atoms with Crippen LogP contribution in [0.3, 0.4) is 0 Å². The van der Waals surface area contributed by atoms with Gasteiger partial charge in [-0.2, -0.15) is 0 Å². The lowest BCUT2D eigenvalue weighted by Gasteiger charge is -2.09. The maximum atomic E-state index is 11.2. The fourth-order valence-electron chi connectivity index (χ4n) is 1.87. The van der Waals surface area contributed by atoms with Gasteiger partial charge in [-0.05, 0) is 18.3 Å². The highest BCUT2D eigenvalue weighted by Crippen LogP contribution is 2.41. The summed E-state index contributed by atoms with van der Waals surface area (Å²) in [4.78, 5) is 34.1. The molecular weight excluding hydrogens is 184 g/mol. The molecule has 0 bridgehead atoms. The molecule has 0 radical (unpaired) electrons. The van der Waals surface area contributed by atoms with Crippen LogP contribution in [0.4, 0.5) is 4.79 Å². The Hall–Kier alpha value is -1.39. The van der Waals surface area contributed by atoms with E-state index in [9.17, 15) is 14.4 Å². The Kier molecular flexibility index (Phi) is 2.02. The Morgan fingerprint density at radius 3 is 2.50 bits per heavy atom. The summed E-state index contributed by atoms with van der Waals surface area (Å²) in [6, 6.07) is -0.568. The second kappa shape index (κ2) is 3.08. The van der Waals surface area contributed by atoms with E-state index in [1.165, 1.54) is 0 Å². The standard InChI is InChI=1S/C9H12N2O3/c1-2-5-3-6(5)4-11-8(13)7(12)10-9(11)14/h5-6H,2-4H2,1H3,(H,10,12,14). The van der Waals surface area contributed by atoms with Crippen LogP contribution in [-0.2, 0) is 9.59 Å². The molecular formula is C9H12N2O3. The van der Waals surface area contributed by atoms with E-state index in [0.29, 0.717) is 18.4 Å². The Morgan fingerprint density at radius 1 is 1.36 bits per heavy atom. The van der Waals surface area contributed by atoms with Gasteiger partial charge >= 0.3 is 17.8 Å². The first-order valence-corrected chi connectivity index (χ1v) is 4.80. The topological polar surface area (TPSA) is 66.5 Å². The number of amides is 4. The van der Waals surface area contributed by atoms with Gasteiger partial charge in [-0.3, -0.25) is 19.8 Å². The van der Waals surface area contributed by atoms with Gasteiger partial charge in [0.1, 0.15) is 0 Å². The molecule has 2 atom stereocenters. The van der Waals surface area contributed by atoms with Gasteiger partial charge in [0.05, 0.1) is 0 Å². The van der Waals surface area contributed by atoms with E-state index in [2.05, 4.69) is 6.92 Å². The van der Waals surface area contributed by atoms with Gasteiger partial charge in [0, 0.05) is 6.54 Å². The molecule has 0 aromatic carbocycles. The zero-order valence-electron chi connectivity index (χ0n) is 7.95. The minimum Gasteiger partial charge on any atom is -0.269 e. The van der Waals surface area contributed by atoms with Gasteiger partial charge in [0.15, 0.2) is 0 Å². The van der Waals surface area contributed by atoms with Crippen molar-refractivity contribution in [2.45, 2.75) is 19.8 Å². The van der Waals surface area contributed by atoms with Crippen LogP contribution in [0.25, 0.3) is 0 Å². The molecule has 5 heteroatoms. The first kappa shape index (κ1) is 9.18. The third-order valence-electron chi connectivity index (χ3n) is 2.92. The van der Waals surface area contributed by atoms with E-state index < -0.39 is 17.8 Å². The predicted molar refractivity (Wildman–Crippen MR) is 47.1 cm³/mol. The fourth-order valence-corrected chi connectivity index (χ4v) is 1.87. The molecule has 14 heavy (non-hydrogen) atoms. The quantitative estimate of drug-likeness (QED) is 0.514. The van der Waals surface area contributed by atoms with Crippen LogP contribution in [0.1, 0.15) is 19.8 Å². The lowest BCUT2D eigenvalue weighted by atomic mass is 10.2. The van der Waals surface area contributed by atoms with Gasteiger partial charge in [-0.25, -0.2) is 4.79 Å². The minimum atomic E-state index is -0.802. The zero-order chi connectivity index (χ0) is 10.3. The van der Waals surface area contributed by atoms with Crippen molar-refractivity contribution >= 4 is 17.8 Å². The van der Waals surface area contributed by atoms with Gasteiger partial charge < -0.3 is 0 Å². The number of urea groups is 1. The molecule has 0 aromatic rings. The predicted octanol–water partition coefficient (Wildman–Crippen LogP) is 0.111. The van der Waals surface area contributed by atoms with Crippen molar-refractivity contribution in [2.75, 3.05) is 6.54 Å². The highest BCUT2D eigenvalue weighted by atomic mass is 16.2. The lowest BCUT2D eigenvalue weighted by Crippen LogP contribution is -2.33. The van der Waals surface area contributed by atoms with Crippen molar-refractivity contribution in [2.24, 2.45) is 11.8 Å². The molecule has 2 rings (SSSR count). The van der Waals surface area contributed by atoms with Crippen molar-refractivity contribution in [3.63, 3.8) is 0 Å². The number of nitrogens with one attached hydrogen (secondary N) is 1. The van der Waals surface area contributed by atoms with Crippen molar-refractivity contribution in [1.29, 1.82) is 0 Å². The molecule has 1 aliphatic carbocycles. The van der Waals surface area contributed by atoms with Gasteiger partial charge in [0.25, 0.3) is 0 Å². The van der Waals surface area contributed by atoms with Crippen LogP contribution in [0.15, 0.2) is 0 Å². The van der Waals surface area contributed by atoms with E-state index in [1.807, 2.05) is 5.32 Å². The molecule has 4 amide bonds. The Bertz CT molecular complexity index is 313. The summed E-state index contributed by atoms with van der Waals surface area (Å²) in [6.45, 7) is 2.48. The molecule has 2 aliphatic rings. The summed E-state index contributed by atoms with van der Waals surface area (Å²) in [5, 5.41) is 1.98. The van der Waals surface area contributed by atoms with Crippen LogP contribution in [0.5, 0.6) is 0 Å². The molecule has 0 spiro atoms. The number of imide groups is 2. The first-order chi connectivity index (χ1) is 6.63. The number of hydrogen-bond donors (Lipinski definition) is 1. The monoisotopic (exact) mass is 196 g/mol. The summed E-state index contributed by atoms with van der Waals surface area (Å²) in [7, 11) is 0. The Balaban J connectivity index is 1.95. The van der Waals surface area contributed by atoms with E-state index in [1.54, 1.807) is 0 Å². The van der Waals surface area contributed by atoms with Crippen LogP contribution >= 0.6 is 0 Å². The van der Waals surface area contributed by atoms with E-state index in [0.717, 1.165) is 17.7 Å². The summed E-state index contributed by atoms with van der Waals surface area (Å²) in [5.74, 6) is -0.493. The average molecular weight is 196 g/mol. The van der Waals surface area contributed by atoms with Crippen LogP contribution in [0, 0.1) is 11.8 Å². The van der Waals surface area contributed by atoms with Crippen LogP contribution in [0.2, 0.25) is 0 Å². The fraction of sp³-hybridized carbons (Fsp3) is 0.667. The molecule has 1 N–H and O–H groups in total. The number of hydrogen-bond acceptors (Lipinski definition) is 3. The molecule has 1 saturated carbocycles. The molecule has 1 heterocycles. The maximum Gasteiger partial charge on any atom is 0.331 e. The summed E-state index contributed by atoms with van der Waals surface area (Å²) in [6.07, 6.45) is 2.13. The molecule has 76 valence electrons. The highest BCUT2D eigenvalue weighted by molar-refractivity contribution is 6.44. The number of carbonyl (C=O) groups excluding carboxylic acids is 3. The Morgan fingerprint density at radius 2 is 2.07 bits per heavy atom. The van der Waals surface area contributed by atoms with E-state index in [4.69, 9.17) is 0 Å². The van der Waals surface area contributed by atoms with Crippen LogP contribution < -0.4 is 5.32 Å². The van der Waals surface area contributed by atoms with Gasteiger partial charge in [0.2, 0.25) is 0 Å². The minimum absolute atomic E-state index is 0.398. The third-order valence-corrected chi connectivity index (χ3v) is 2.92. The summed E-state index contributed by atoms with van der Waals surface area (Å²) >= 11 is 0. The van der Waals surface area contributed by atoms with E-state index >= 15 is 0 Å². The molecule has 1 aliphatic heterocycles. The van der Waals surface area contributed by atoms with Crippen molar-refractivity contribution in [3.8, 4) is 0 Å². The number of nitrogens with zero attached hydrogens (tertiary/aromatic N) is 1. The third kappa shape index (κ3) is 1.38. The molecule has 2 unspecified atom stereocenters. The summed E-state index contributed by atoms with van der Waals surface area (Å²) in [5.41, 5.74) is 0. The van der Waals surface area contributed by atoms with Crippen molar-refractivity contribution in [3.05, 3.63) is 0 Å².